The molecule has 8 heteroatoms. The molecule has 1 atom stereocenters. The van der Waals surface area contributed by atoms with Crippen LogP contribution in [0.1, 0.15) is 61.6 Å². The van der Waals surface area contributed by atoms with Gasteiger partial charge in [-0.2, -0.15) is 9.78 Å². The number of hydrogen-bond donors (Lipinski definition) is 0. The minimum absolute atomic E-state index is 0.0641. The van der Waals surface area contributed by atoms with Crippen molar-refractivity contribution >= 4 is 12.0 Å². The highest BCUT2D eigenvalue weighted by Crippen LogP contribution is 2.36. The third-order valence-electron chi connectivity index (χ3n) is 7.20. The Morgan fingerprint density at radius 1 is 0.947 bits per heavy atom. The summed E-state index contributed by atoms with van der Waals surface area (Å²) in [5.74, 6) is 1.58. The summed E-state index contributed by atoms with van der Waals surface area (Å²) >= 11 is 0. The number of ether oxygens (including phenoxy) is 3. The van der Waals surface area contributed by atoms with Gasteiger partial charge in [-0.3, -0.25) is 4.79 Å². The second-order valence-corrected chi connectivity index (χ2v) is 11.3. The van der Waals surface area contributed by atoms with Gasteiger partial charge < -0.3 is 19.1 Å². The van der Waals surface area contributed by atoms with Crippen LogP contribution >= 0.6 is 0 Å². The number of rotatable bonds is 4. The zero-order valence-electron chi connectivity index (χ0n) is 22.1. The predicted molar refractivity (Wildman–Crippen MR) is 142 cm³/mol. The second-order valence-electron chi connectivity index (χ2n) is 11.3. The molecule has 1 fully saturated rings. The van der Waals surface area contributed by atoms with Crippen molar-refractivity contribution in [2.75, 3.05) is 13.2 Å². The average molecular weight is 516 g/mol. The first kappa shape index (κ1) is 24.5. The molecule has 3 aliphatic rings. The summed E-state index contributed by atoms with van der Waals surface area (Å²) in [6.45, 7) is 6.63. The van der Waals surface area contributed by atoms with E-state index in [4.69, 9.17) is 14.2 Å². The Balaban J connectivity index is 1.18. The van der Waals surface area contributed by atoms with E-state index in [2.05, 4.69) is 10.00 Å². The van der Waals surface area contributed by atoms with Crippen molar-refractivity contribution in [2.24, 2.45) is 0 Å². The van der Waals surface area contributed by atoms with Gasteiger partial charge in [0.1, 0.15) is 18.8 Å². The minimum Gasteiger partial charge on any atom is -0.486 e. The molecule has 1 amide bonds. The number of benzene rings is 2. The first-order chi connectivity index (χ1) is 18.2. The molecule has 1 saturated carbocycles. The van der Waals surface area contributed by atoms with Gasteiger partial charge in [0.25, 0.3) is 5.91 Å². The maximum Gasteiger partial charge on any atom is 0.435 e. The van der Waals surface area contributed by atoms with Gasteiger partial charge >= 0.3 is 6.09 Å². The second kappa shape index (κ2) is 9.49. The van der Waals surface area contributed by atoms with Crippen LogP contribution in [-0.2, 0) is 17.6 Å². The molecule has 1 aromatic heterocycles. The fourth-order valence-electron chi connectivity index (χ4n) is 5.28. The molecule has 1 unspecified atom stereocenters. The third kappa shape index (κ3) is 4.99. The van der Waals surface area contributed by atoms with Crippen LogP contribution in [0.25, 0.3) is 11.1 Å². The number of aryl methyl sites for hydroxylation is 1. The van der Waals surface area contributed by atoms with E-state index in [0.717, 1.165) is 59.6 Å². The standard InChI is InChI=1S/C30H33N3O5/c1-30(2,3)38-29(35)32-18-22-16-24(11-12-25(22)31-32)33(23-9-10-23)28(34)20-6-4-19(5-7-20)21-8-13-26-27(17-21)37-15-14-36-26/h4-8,13,17-18,23-24H,9-12,14-16H2,1-3H3. The summed E-state index contributed by atoms with van der Waals surface area (Å²) in [5, 5.41) is 4.48. The van der Waals surface area contributed by atoms with Gasteiger partial charge in [-0.15, -0.1) is 0 Å². The smallest absolute Gasteiger partial charge is 0.435 e. The van der Waals surface area contributed by atoms with Crippen LogP contribution < -0.4 is 9.47 Å². The van der Waals surface area contributed by atoms with Gasteiger partial charge in [0.05, 0.1) is 5.69 Å². The van der Waals surface area contributed by atoms with Crippen molar-refractivity contribution in [3.05, 3.63) is 65.5 Å². The molecule has 0 radical (unpaired) electrons. The maximum absolute atomic E-state index is 13.7. The number of hydrogen-bond acceptors (Lipinski definition) is 6. The van der Waals surface area contributed by atoms with Gasteiger partial charge in [0.2, 0.25) is 0 Å². The van der Waals surface area contributed by atoms with E-state index in [1.165, 1.54) is 4.68 Å². The van der Waals surface area contributed by atoms with Crippen LogP contribution in [0.2, 0.25) is 0 Å². The molecule has 2 aliphatic carbocycles. The SMILES string of the molecule is CC(C)(C)OC(=O)n1cc2c(n1)CCC(N(C(=O)c1ccc(-c3ccc4c(c3)OCCO4)cc1)C1CC1)C2. The Morgan fingerprint density at radius 3 is 2.37 bits per heavy atom. The highest BCUT2D eigenvalue weighted by atomic mass is 16.6. The van der Waals surface area contributed by atoms with Crippen molar-refractivity contribution in [2.45, 2.75) is 70.6 Å². The van der Waals surface area contributed by atoms with Gasteiger partial charge in [0, 0.05) is 23.8 Å². The Labute approximate surface area is 222 Å². The summed E-state index contributed by atoms with van der Waals surface area (Å²) in [7, 11) is 0. The Bertz CT molecular complexity index is 1370. The minimum atomic E-state index is -0.584. The van der Waals surface area contributed by atoms with Crippen LogP contribution in [0.5, 0.6) is 11.5 Å². The number of amides is 1. The maximum atomic E-state index is 13.7. The fraction of sp³-hybridized carbons (Fsp3) is 0.433. The van der Waals surface area contributed by atoms with E-state index in [0.29, 0.717) is 25.2 Å². The van der Waals surface area contributed by atoms with Crippen LogP contribution in [0.3, 0.4) is 0 Å². The topological polar surface area (TPSA) is 82.9 Å². The van der Waals surface area contributed by atoms with Crippen LogP contribution in [0, 0.1) is 0 Å². The molecule has 0 bridgehead atoms. The molecule has 2 aromatic carbocycles. The van der Waals surface area contributed by atoms with E-state index >= 15 is 0 Å². The molecule has 198 valence electrons. The molecular formula is C30H33N3O5. The van der Waals surface area contributed by atoms with E-state index in [1.807, 2.05) is 63.2 Å². The van der Waals surface area contributed by atoms with E-state index < -0.39 is 11.7 Å². The molecular weight excluding hydrogens is 482 g/mol. The highest BCUT2D eigenvalue weighted by Gasteiger charge is 2.39. The van der Waals surface area contributed by atoms with Crippen molar-refractivity contribution in [3.8, 4) is 22.6 Å². The summed E-state index contributed by atoms with van der Waals surface area (Å²) in [5.41, 5.74) is 4.08. The lowest BCUT2D eigenvalue weighted by atomic mass is 9.91. The van der Waals surface area contributed by atoms with E-state index in [-0.39, 0.29) is 18.0 Å². The van der Waals surface area contributed by atoms with Gasteiger partial charge in [0.15, 0.2) is 11.5 Å². The molecule has 8 nitrogen and oxygen atoms in total. The average Bonchev–Trinajstić information content (AvgIpc) is 3.64. The van der Waals surface area contributed by atoms with Gasteiger partial charge in [-0.1, -0.05) is 18.2 Å². The zero-order valence-corrected chi connectivity index (χ0v) is 22.1. The van der Waals surface area contributed by atoms with Gasteiger partial charge in [-0.05, 0) is 93.8 Å². The summed E-state index contributed by atoms with van der Waals surface area (Å²) in [6.07, 6.45) is 5.61. The molecule has 0 N–H and O–H groups in total. The lowest BCUT2D eigenvalue weighted by Crippen LogP contribution is -2.44. The first-order valence-electron chi connectivity index (χ1n) is 13.4. The van der Waals surface area contributed by atoms with Crippen molar-refractivity contribution in [1.82, 2.24) is 14.7 Å². The lowest BCUT2D eigenvalue weighted by molar-refractivity contribution is 0.0513. The van der Waals surface area contributed by atoms with Crippen LogP contribution in [0.4, 0.5) is 4.79 Å². The summed E-state index contributed by atoms with van der Waals surface area (Å²) < 4.78 is 18.1. The zero-order chi connectivity index (χ0) is 26.4. The number of nitrogens with zero attached hydrogens (tertiary/aromatic N) is 3. The number of carbonyl (C=O) groups is 2. The van der Waals surface area contributed by atoms with Crippen molar-refractivity contribution in [1.29, 1.82) is 0 Å². The highest BCUT2D eigenvalue weighted by molar-refractivity contribution is 5.95. The lowest BCUT2D eigenvalue weighted by Gasteiger charge is -2.34. The van der Waals surface area contributed by atoms with Crippen molar-refractivity contribution < 1.29 is 23.8 Å². The molecule has 0 saturated heterocycles. The van der Waals surface area contributed by atoms with Crippen molar-refractivity contribution in [3.63, 3.8) is 0 Å². The first-order valence-corrected chi connectivity index (χ1v) is 13.4. The Kier molecular flexibility index (Phi) is 6.13. The van der Waals surface area contributed by atoms with Crippen LogP contribution in [0.15, 0.2) is 48.7 Å². The van der Waals surface area contributed by atoms with Gasteiger partial charge in [-0.25, -0.2) is 4.79 Å². The quantitative estimate of drug-likeness (QED) is 0.471. The molecule has 2 heterocycles. The number of aromatic nitrogens is 2. The Hall–Kier alpha value is -3.81. The molecule has 3 aromatic rings. The normalized spacial score (nSPS) is 18.4. The monoisotopic (exact) mass is 515 g/mol. The molecule has 1 aliphatic heterocycles. The van der Waals surface area contributed by atoms with E-state index in [1.54, 1.807) is 6.20 Å². The largest absolute Gasteiger partial charge is 0.486 e. The molecule has 6 rings (SSSR count). The van der Waals surface area contributed by atoms with Crippen LogP contribution in [-0.4, -0.2) is 57.6 Å². The number of fused-ring (bicyclic) bond motifs is 2. The van der Waals surface area contributed by atoms with E-state index in [9.17, 15) is 9.59 Å². The fourth-order valence-corrected chi connectivity index (χ4v) is 5.28. The predicted octanol–water partition coefficient (Wildman–Crippen LogP) is 5.27. The Morgan fingerprint density at radius 2 is 1.66 bits per heavy atom. The molecule has 0 spiro atoms. The summed E-state index contributed by atoms with van der Waals surface area (Å²) in [6, 6.07) is 14.1. The third-order valence-corrected chi connectivity index (χ3v) is 7.20. The number of carbonyl (C=O) groups excluding carboxylic acids is 2. The molecule has 38 heavy (non-hydrogen) atoms. The summed E-state index contributed by atoms with van der Waals surface area (Å²) in [4.78, 5) is 28.3.